The van der Waals surface area contributed by atoms with E-state index in [4.69, 9.17) is 9.47 Å². The normalized spacial score (nSPS) is 12.6. The van der Waals surface area contributed by atoms with Crippen molar-refractivity contribution in [3.63, 3.8) is 0 Å². The van der Waals surface area contributed by atoms with Crippen molar-refractivity contribution in [2.24, 2.45) is 5.92 Å². The molecule has 1 aromatic carbocycles. The van der Waals surface area contributed by atoms with Crippen molar-refractivity contribution < 1.29 is 9.47 Å². The fraction of sp³-hybridized carbons (Fsp3) is 0.625. The zero-order chi connectivity index (χ0) is 13.9. The van der Waals surface area contributed by atoms with E-state index in [2.05, 4.69) is 36.5 Å². The Labute approximate surface area is 117 Å². The molecular weight excluding hydrogens is 238 g/mol. The number of nitrogens with one attached hydrogen (secondary N) is 1. The van der Waals surface area contributed by atoms with Crippen molar-refractivity contribution in [2.45, 2.75) is 19.8 Å². The van der Waals surface area contributed by atoms with Gasteiger partial charge in [0, 0.05) is 13.7 Å². The third kappa shape index (κ3) is 6.71. The topological polar surface area (TPSA) is 30.5 Å². The number of ether oxygens (including phenoxy) is 2. The lowest BCUT2D eigenvalue weighted by Gasteiger charge is -2.18. The third-order valence-electron chi connectivity index (χ3n) is 3.36. The molecule has 0 aliphatic carbocycles. The summed E-state index contributed by atoms with van der Waals surface area (Å²) in [4.78, 5) is 0. The Morgan fingerprint density at radius 1 is 1.16 bits per heavy atom. The van der Waals surface area contributed by atoms with Crippen molar-refractivity contribution >= 4 is 0 Å². The molecule has 0 aliphatic heterocycles. The van der Waals surface area contributed by atoms with E-state index in [9.17, 15) is 0 Å². The van der Waals surface area contributed by atoms with Gasteiger partial charge in [-0.1, -0.05) is 24.3 Å². The fourth-order valence-electron chi connectivity index (χ4n) is 2.21. The summed E-state index contributed by atoms with van der Waals surface area (Å²) >= 11 is 0. The summed E-state index contributed by atoms with van der Waals surface area (Å²) in [5.74, 6) is 0.619. The van der Waals surface area contributed by atoms with E-state index < -0.39 is 0 Å². The predicted octanol–water partition coefficient (Wildman–Crippen LogP) is 2.43. The van der Waals surface area contributed by atoms with Gasteiger partial charge in [0.2, 0.25) is 0 Å². The minimum Gasteiger partial charge on any atom is -0.382 e. The van der Waals surface area contributed by atoms with Crippen LogP contribution < -0.4 is 5.32 Å². The average Bonchev–Trinajstić information content (AvgIpc) is 2.41. The summed E-state index contributed by atoms with van der Waals surface area (Å²) in [5.41, 5.74) is 2.82. The molecule has 3 heteroatoms. The summed E-state index contributed by atoms with van der Waals surface area (Å²) in [6.07, 6.45) is 2.19. The molecule has 0 aromatic heterocycles. The maximum Gasteiger partial charge on any atom is 0.0700 e. The summed E-state index contributed by atoms with van der Waals surface area (Å²) in [6, 6.07) is 8.62. The lowest BCUT2D eigenvalue weighted by molar-refractivity contribution is 0.0637. The molecule has 1 N–H and O–H groups in total. The average molecular weight is 265 g/mol. The maximum absolute atomic E-state index is 5.57. The second-order valence-corrected chi connectivity index (χ2v) is 4.95. The minimum absolute atomic E-state index is 0.619. The molecular formula is C16H27NO2. The first kappa shape index (κ1) is 16.2. The van der Waals surface area contributed by atoms with Gasteiger partial charge in [-0.25, -0.2) is 0 Å². The van der Waals surface area contributed by atoms with Crippen LogP contribution in [-0.4, -0.2) is 40.5 Å². The molecule has 1 unspecified atom stereocenters. The van der Waals surface area contributed by atoms with Gasteiger partial charge in [0.1, 0.15) is 0 Å². The highest BCUT2D eigenvalue weighted by molar-refractivity contribution is 5.25. The van der Waals surface area contributed by atoms with Gasteiger partial charge in [-0.05, 0) is 50.4 Å². The molecule has 19 heavy (non-hydrogen) atoms. The molecule has 1 aromatic rings. The van der Waals surface area contributed by atoms with E-state index >= 15 is 0 Å². The van der Waals surface area contributed by atoms with Crippen LogP contribution in [0.5, 0.6) is 0 Å². The van der Waals surface area contributed by atoms with Crippen LogP contribution in [0.3, 0.4) is 0 Å². The van der Waals surface area contributed by atoms with Gasteiger partial charge in [0.25, 0.3) is 0 Å². The number of benzene rings is 1. The molecule has 3 nitrogen and oxygen atoms in total. The number of hydrogen-bond donors (Lipinski definition) is 1. The monoisotopic (exact) mass is 265 g/mol. The van der Waals surface area contributed by atoms with Gasteiger partial charge < -0.3 is 14.8 Å². The Morgan fingerprint density at radius 2 is 1.95 bits per heavy atom. The second kappa shape index (κ2) is 9.96. The highest BCUT2D eigenvalue weighted by atomic mass is 16.5. The molecule has 0 fully saturated rings. The van der Waals surface area contributed by atoms with Crippen LogP contribution in [0.25, 0.3) is 0 Å². The Bertz CT molecular complexity index is 341. The maximum atomic E-state index is 5.57. The Hall–Kier alpha value is -0.900. The smallest absolute Gasteiger partial charge is 0.0700 e. The standard InChI is InChI=1S/C16H27NO2/c1-14-6-4-5-7-16(14)12-15(13-17-2)8-9-19-11-10-18-3/h4-7,15,17H,8-13H2,1-3H3. The summed E-state index contributed by atoms with van der Waals surface area (Å²) in [5, 5.41) is 3.28. The molecule has 0 saturated carbocycles. The molecule has 108 valence electrons. The predicted molar refractivity (Wildman–Crippen MR) is 79.6 cm³/mol. The molecule has 0 bridgehead atoms. The number of rotatable bonds is 10. The second-order valence-electron chi connectivity index (χ2n) is 4.95. The van der Waals surface area contributed by atoms with Gasteiger partial charge in [-0.3, -0.25) is 0 Å². The van der Waals surface area contributed by atoms with E-state index in [1.54, 1.807) is 7.11 Å². The van der Waals surface area contributed by atoms with Crippen molar-refractivity contribution in [2.75, 3.05) is 40.5 Å². The number of methoxy groups -OCH3 is 1. The Morgan fingerprint density at radius 3 is 2.63 bits per heavy atom. The Balaban J connectivity index is 2.37. The molecule has 0 amide bonds. The van der Waals surface area contributed by atoms with Crippen LogP contribution in [0.1, 0.15) is 17.5 Å². The minimum atomic E-state index is 0.619. The van der Waals surface area contributed by atoms with Gasteiger partial charge in [0.15, 0.2) is 0 Å². The lowest BCUT2D eigenvalue weighted by atomic mass is 9.94. The van der Waals surface area contributed by atoms with Crippen molar-refractivity contribution in [1.82, 2.24) is 5.32 Å². The van der Waals surface area contributed by atoms with Crippen LogP contribution >= 0.6 is 0 Å². The molecule has 1 rings (SSSR count). The fourth-order valence-corrected chi connectivity index (χ4v) is 2.21. The van der Waals surface area contributed by atoms with Gasteiger partial charge in [0.05, 0.1) is 13.2 Å². The zero-order valence-electron chi connectivity index (χ0n) is 12.4. The first-order valence-electron chi connectivity index (χ1n) is 7.03. The van der Waals surface area contributed by atoms with E-state index in [0.29, 0.717) is 19.1 Å². The van der Waals surface area contributed by atoms with Crippen LogP contribution in [0.4, 0.5) is 0 Å². The van der Waals surface area contributed by atoms with Gasteiger partial charge >= 0.3 is 0 Å². The zero-order valence-corrected chi connectivity index (χ0v) is 12.4. The molecule has 0 aliphatic rings. The highest BCUT2D eigenvalue weighted by Gasteiger charge is 2.10. The number of hydrogen-bond acceptors (Lipinski definition) is 3. The SMILES string of the molecule is CNCC(CCOCCOC)Cc1ccccc1C. The summed E-state index contributed by atoms with van der Waals surface area (Å²) in [6.45, 7) is 5.38. The van der Waals surface area contributed by atoms with Gasteiger partial charge in [-0.2, -0.15) is 0 Å². The van der Waals surface area contributed by atoms with E-state index in [1.165, 1.54) is 11.1 Å². The van der Waals surface area contributed by atoms with E-state index in [1.807, 2.05) is 7.05 Å². The number of aryl methyl sites for hydroxylation is 1. The van der Waals surface area contributed by atoms with Crippen LogP contribution in [0, 0.1) is 12.8 Å². The first-order chi connectivity index (χ1) is 9.27. The lowest BCUT2D eigenvalue weighted by Crippen LogP contribution is -2.22. The van der Waals surface area contributed by atoms with Crippen molar-refractivity contribution in [3.8, 4) is 0 Å². The van der Waals surface area contributed by atoms with Crippen LogP contribution in [0.2, 0.25) is 0 Å². The largest absolute Gasteiger partial charge is 0.382 e. The van der Waals surface area contributed by atoms with Crippen LogP contribution in [-0.2, 0) is 15.9 Å². The highest BCUT2D eigenvalue weighted by Crippen LogP contribution is 2.15. The molecule has 0 heterocycles. The van der Waals surface area contributed by atoms with E-state index in [0.717, 1.165) is 26.0 Å². The van der Waals surface area contributed by atoms with Crippen LogP contribution in [0.15, 0.2) is 24.3 Å². The molecule has 1 atom stereocenters. The van der Waals surface area contributed by atoms with Crippen molar-refractivity contribution in [1.29, 1.82) is 0 Å². The molecule has 0 radical (unpaired) electrons. The quantitative estimate of drug-likeness (QED) is 0.659. The first-order valence-corrected chi connectivity index (χ1v) is 7.03. The third-order valence-corrected chi connectivity index (χ3v) is 3.36. The molecule has 0 spiro atoms. The Kier molecular flexibility index (Phi) is 8.47. The molecule has 0 saturated heterocycles. The summed E-state index contributed by atoms with van der Waals surface area (Å²) in [7, 11) is 3.71. The van der Waals surface area contributed by atoms with E-state index in [-0.39, 0.29) is 0 Å². The van der Waals surface area contributed by atoms with Gasteiger partial charge in [-0.15, -0.1) is 0 Å². The van der Waals surface area contributed by atoms with Crippen molar-refractivity contribution in [3.05, 3.63) is 35.4 Å². The summed E-state index contributed by atoms with van der Waals surface area (Å²) < 4.78 is 10.5.